The molecule has 0 spiro atoms. The number of alkyl halides is 2. The third kappa shape index (κ3) is 2.67. The number of benzene rings is 1. The van der Waals surface area contributed by atoms with E-state index in [0.717, 1.165) is 25.1 Å². The molecule has 1 unspecified atom stereocenters. The van der Waals surface area contributed by atoms with Gasteiger partial charge >= 0.3 is 11.9 Å². The quantitative estimate of drug-likeness (QED) is 0.809. The predicted octanol–water partition coefficient (Wildman–Crippen LogP) is 1.81. The van der Waals surface area contributed by atoms with Crippen molar-refractivity contribution in [3.05, 3.63) is 23.8 Å². The Hall–Kier alpha value is -1.89. The number of halogens is 2. The highest BCUT2D eigenvalue weighted by molar-refractivity contribution is 5.79. The number of carbonyl (C=O) groups is 1. The SMILES string of the molecule is CCOC(=O)C(F)(F)C(C)(O)c1ccc(O)c(OC)c1. The average molecular weight is 290 g/mol. The van der Waals surface area contributed by atoms with Crippen LogP contribution >= 0.6 is 0 Å². The van der Waals surface area contributed by atoms with Crippen LogP contribution in [0.25, 0.3) is 0 Å². The van der Waals surface area contributed by atoms with Crippen LogP contribution in [0.3, 0.4) is 0 Å². The van der Waals surface area contributed by atoms with E-state index in [4.69, 9.17) is 4.74 Å². The molecule has 0 aliphatic carbocycles. The highest BCUT2D eigenvalue weighted by Gasteiger charge is 2.58. The molecule has 0 aromatic heterocycles. The van der Waals surface area contributed by atoms with Crippen molar-refractivity contribution >= 4 is 5.97 Å². The maximum absolute atomic E-state index is 14.0. The lowest BCUT2D eigenvalue weighted by atomic mass is 9.89. The normalized spacial score (nSPS) is 14.5. The number of hydrogen-bond donors (Lipinski definition) is 2. The topological polar surface area (TPSA) is 76.0 Å². The van der Waals surface area contributed by atoms with Gasteiger partial charge < -0.3 is 19.7 Å². The van der Waals surface area contributed by atoms with Gasteiger partial charge in [-0.05, 0) is 31.5 Å². The molecule has 112 valence electrons. The Balaban J connectivity index is 3.24. The third-order valence-corrected chi connectivity index (χ3v) is 2.89. The molecule has 5 nitrogen and oxygen atoms in total. The second-order valence-corrected chi connectivity index (χ2v) is 4.25. The Kier molecular flexibility index (Phi) is 4.54. The monoisotopic (exact) mass is 290 g/mol. The van der Waals surface area contributed by atoms with Gasteiger partial charge in [0.2, 0.25) is 0 Å². The second-order valence-electron chi connectivity index (χ2n) is 4.25. The molecule has 1 atom stereocenters. The molecule has 0 aliphatic rings. The Bertz CT molecular complexity index is 500. The highest BCUT2D eigenvalue weighted by atomic mass is 19.3. The van der Waals surface area contributed by atoms with Crippen LogP contribution in [0.1, 0.15) is 19.4 Å². The fraction of sp³-hybridized carbons (Fsp3) is 0.462. The summed E-state index contributed by atoms with van der Waals surface area (Å²) in [5.74, 6) is -6.34. The van der Waals surface area contributed by atoms with Gasteiger partial charge in [-0.3, -0.25) is 0 Å². The van der Waals surface area contributed by atoms with Crippen LogP contribution in [0.2, 0.25) is 0 Å². The zero-order valence-electron chi connectivity index (χ0n) is 11.3. The molecule has 1 aromatic carbocycles. The smallest absolute Gasteiger partial charge is 0.380 e. The van der Waals surface area contributed by atoms with Crippen molar-refractivity contribution in [2.24, 2.45) is 0 Å². The Morgan fingerprint density at radius 1 is 1.40 bits per heavy atom. The number of carbonyl (C=O) groups excluding carboxylic acids is 1. The molecule has 7 heteroatoms. The summed E-state index contributed by atoms with van der Waals surface area (Å²) in [6.45, 7) is 1.94. The predicted molar refractivity (Wildman–Crippen MR) is 65.8 cm³/mol. The molecule has 1 rings (SSSR count). The zero-order valence-corrected chi connectivity index (χ0v) is 11.3. The minimum atomic E-state index is -4.15. The van der Waals surface area contributed by atoms with Gasteiger partial charge in [-0.2, -0.15) is 8.78 Å². The molecule has 0 saturated heterocycles. The molecule has 0 fully saturated rings. The number of methoxy groups -OCH3 is 1. The largest absolute Gasteiger partial charge is 0.504 e. The molecule has 0 aliphatic heterocycles. The Labute approximate surface area is 114 Å². The van der Waals surface area contributed by atoms with E-state index in [2.05, 4.69) is 4.74 Å². The van der Waals surface area contributed by atoms with Crippen molar-refractivity contribution in [3.8, 4) is 11.5 Å². The number of esters is 1. The molecule has 0 amide bonds. The summed E-state index contributed by atoms with van der Waals surface area (Å²) in [6.07, 6.45) is 0. The number of aliphatic hydroxyl groups is 1. The van der Waals surface area contributed by atoms with Crippen LogP contribution in [0.15, 0.2) is 18.2 Å². The maximum atomic E-state index is 14.0. The first-order valence-electron chi connectivity index (χ1n) is 5.83. The Morgan fingerprint density at radius 2 is 2.00 bits per heavy atom. The molecule has 2 N–H and O–H groups in total. The first kappa shape index (κ1) is 16.2. The summed E-state index contributed by atoms with van der Waals surface area (Å²) in [6, 6.07) is 3.19. The molecule has 1 aromatic rings. The van der Waals surface area contributed by atoms with Crippen molar-refractivity contribution in [1.82, 2.24) is 0 Å². The van der Waals surface area contributed by atoms with Gasteiger partial charge in [0, 0.05) is 0 Å². The lowest BCUT2D eigenvalue weighted by Crippen LogP contribution is -2.49. The van der Waals surface area contributed by atoms with Crippen LogP contribution in [0, 0.1) is 0 Å². The van der Waals surface area contributed by atoms with Crippen LogP contribution in [0.4, 0.5) is 8.78 Å². The van der Waals surface area contributed by atoms with Crippen LogP contribution in [-0.4, -0.2) is 35.8 Å². The average Bonchev–Trinajstić information content (AvgIpc) is 2.39. The van der Waals surface area contributed by atoms with Crippen LogP contribution in [0.5, 0.6) is 11.5 Å². The lowest BCUT2D eigenvalue weighted by molar-refractivity contribution is -0.212. The van der Waals surface area contributed by atoms with E-state index in [9.17, 15) is 23.8 Å². The van der Waals surface area contributed by atoms with Crippen molar-refractivity contribution in [2.75, 3.05) is 13.7 Å². The number of ether oxygens (including phenoxy) is 2. The first-order chi connectivity index (χ1) is 9.18. The third-order valence-electron chi connectivity index (χ3n) is 2.89. The Morgan fingerprint density at radius 3 is 2.50 bits per heavy atom. The lowest BCUT2D eigenvalue weighted by Gasteiger charge is -2.31. The van der Waals surface area contributed by atoms with E-state index in [1.165, 1.54) is 14.0 Å². The van der Waals surface area contributed by atoms with E-state index in [0.29, 0.717) is 0 Å². The fourth-order valence-corrected chi connectivity index (χ4v) is 1.58. The molecule has 0 radical (unpaired) electrons. The molecule has 0 saturated carbocycles. The molecular weight excluding hydrogens is 274 g/mol. The molecule has 0 bridgehead atoms. The van der Waals surface area contributed by atoms with Crippen molar-refractivity contribution < 1.29 is 33.3 Å². The summed E-state index contributed by atoms with van der Waals surface area (Å²) in [5, 5.41) is 19.4. The fourth-order valence-electron chi connectivity index (χ4n) is 1.58. The molecular formula is C13H16F2O5. The van der Waals surface area contributed by atoms with Crippen LogP contribution in [-0.2, 0) is 15.1 Å². The molecule has 20 heavy (non-hydrogen) atoms. The van der Waals surface area contributed by atoms with Crippen molar-refractivity contribution in [2.45, 2.75) is 25.4 Å². The van der Waals surface area contributed by atoms with Crippen LogP contribution < -0.4 is 4.74 Å². The number of phenols is 1. The van der Waals surface area contributed by atoms with E-state index >= 15 is 0 Å². The van der Waals surface area contributed by atoms with E-state index in [-0.39, 0.29) is 23.7 Å². The zero-order chi connectivity index (χ0) is 15.6. The van der Waals surface area contributed by atoms with E-state index in [1.807, 2.05) is 0 Å². The number of phenolic OH excluding ortho intramolecular Hbond substituents is 1. The van der Waals surface area contributed by atoms with E-state index < -0.39 is 17.5 Å². The minimum absolute atomic E-state index is 0.0950. The minimum Gasteiger partial charge on any atom is -0.504 e. The second kappa shape index (κ2) is 5.62. The van der Waals surface area contributed by atoms with Gasteiger partial charge in [0.15, 0.2) is 17.1 Å². The summed E-state index contributed by atoms with van der Waals surface area (Å²) < 4.78 is 37.0. The number of hydrogen-bond acceptors (Lipinski definition) is 5. The van der Waals surface area contributed by atoms with Gasteiger partial charge in [0.25, 0.3) is 0 Å². The highest BCUT2D eigenvalue weighted by Crippen LogP contribution is 2.41. The standard InChI is InChI=1S/C13H16F2O5/c1-4-20-11(17)13(14,15)12(2,18)8-5-6-9(16)10(7-8)19-3/h5-7,16,18H,4H2,1-3H3. The van der Waals surface area contributed by atoms with E-state index in [1.54, 1.807) is 0 Å². The van der Waals surface area contributed by atoms with Gasteiger partial charge in [-0.1, -0.05) is 6.07 Å². The maximum Gasteiger partial charge on any atom is 0.380 e. The number of aromatic hydroxyl groups is 1. The first-order valence-corrected chi connectivity index (χ1v) is 5.83. The summed E-state index contributed by atoms with van der Waals surface area (Å²) in [5.41, 5.74) is -3.09. The number of rotatable bonds is 5. The van der Waals surface area contributed by atoms with Gasteiger partial charge in [0.1, 0.15) is 0 Å². The summed E-state index contributed by atoms with van der Waals surface area (Å²) in [4.78, 5) is 11.3. The van der Waals surface area contributed by atoms with Crippen molar-refractivity contribution in [3.63, 3.8) is 0 Å². The van der Waals surface area contributed by atoms with Gasteiger partial charge in [-0.15, -0.1) is 0 Å². The van der Waals surface area contributed by atoms with Crippen molar-refractivity contribution in [1.29, 1.82) is 0 Å². The summed E-state index contributed by atoms with van der Waals surface area (Å²) >= 11 is 0. The van der Waals surface area contributed by atoms with Gasteiger partial charge in [-0.25, -0.2) is 4.79 Å². The molecule has 0 heterocycles. The van der Waals surface area contributed by atoms with Gasteiger partial charge in [0.05, 0.1) is 13.7 Å². The summed E-state index contributed by atoms with van der Waals surface area (Å²) in [7, 11) is 1.23.